The summed E-state index contributed by atoms with van der Waals surface area (Å²) in [5, 5.41) is 28.4. The molecule has 3 aromatic rings. The fourth-order valence-electron chi connectivity index (χ4n) is 9.43. The van der Waals surface area contributed by atoms with Crippen molar-refractivity contribution in [3.05, 3.63) is 89.2 Å². The molecule has 400 valence electrons. The SMILES string of the molecule is CN[C@@H](C)C(=O)N[C@H](C(=O)N1C[C@@H](NC(=O)c2cc(C(=O)C[C@H]3C[C@@H](C(=O)N[C@H](C)c4ccccc4)N(C(=O)[C@@H](NC(C)(OC)[C@H](C)NC)C(C)(C)C)C3)[nH]n2)C[C@H]1C(=O)N[C@H](C)c1ccccc1)C(C)(C)C. The molecule has 73 heavy (non-hydrogen) atoms. The number of Topliss-reactive ketones (excluding diaryl/α,β-unsaturated/α-hetero) is 1. The Balaban J connectivity index is 1.34. The van der Waals surface area contributed by atoms with Gasteiger partial charge in [-0.3, -0.25) is 44.0 Å². The van der Waals surface area contributed by atoms with Crippen molar-refractivity contribution < 1.29 is 38.3 Å². The Bertz CT molecular complexity index is 2400. The van der Waals surface area contributed by atoms with Crippen molar-refractivity contribution in [2.24, 2.45) is 16.7 Å². The largest absolute Gasteiger partial charge is 0.363 e. The highest BCUT2D eigenvalue weighted by Gasteiger charge is 2.49. The van der Waals surface area contributed by atoms with E-state index >= 15 is 0 Å². The van der Waals surface area contributed by atoms with Gasteiger partial charge in [0, 0.05) is 38.7 Å². The van der Waals surface area contributed by atoms with Gasteiger partial charge in [0.05, 0.1) is 24.2 Å². The topological polar surface area (TPSA) is 248 Å². The van der Waals surface area contributed by atoms with Crippen molar-refractivity contribution in [1.29, 1.82) is 0 Å². The highest BCUT2D eigenvalue weighted by molar-refractivity contribution is 5.99. The summed E-state index contributed by atoms with van der Waals surface area (Å²) in [6.07, 6.45) is 0.225. The Morgan fingerprint density at radius 1 is 0.699 bits per heavy atom. The second-order valence-electron chi connectivity index (χ2n) is 22.2. The smallest absolute Gasteiger partial charge is 0.272 e. The monoisotopic (exact) mass is 1010 g/mol. The number of likely N-dealkylation sites (tertiary alicyclic amines) is 2. The van der Waals surface area contributed by atoms with Crippen LogP contribution >= 0.6 is 0 Å². The minimum atomic E-state index is -1.00. The van der Waals surface area contributed by atoms with Crippen LogP contribution < -0.4 is 37.2 Å². The summed E-state index contributed by atoms with van der Waals surface area (Å²) in [6, 6.07) is 14.3. The van der Waals surface area contributed by atoms with Crippen LogP contribution in [0.2, 0.25) is 0 Å². The number of carbonyl (C=O) groups excluding carboxylic acids is 7. The minimum Gasteiger partial charge on any atom is -0.363 e. The average Bonchev–Trinajstić information content (AvgIpc) is 4.13. The summed E-state index contributed by atoms with van der Waals surface area (Å²) in [6.45, 7) is 20.6. The molecule has 1 unspecified atom stereocenters. The molecule has 1 aromatic heterocycles. The zero-order chi connectivity index (χ0) is 54.2. The van der Waals surface area contributed by atoms with Gasteiger partial charge in [-0.05, 0) is 95.5 Å². The van der Waals surface area contributed by atoms with Crippen molar-refractivity contribution in [1.82, 2.24) is 57.2 Å². The molecule has 11 atom stereocenters. The summed E-state index contributed by atoms with van der Waals surface area (Å²) in [5.41, 5.74) is -0.591. The Morgan fingerprint density at radius 3 is 1.70 bits per heavy atom. The Hall–Kier alpha value is -6.02. The maximum atomic E-state index is 14.9. The second kappa shape index (κ2) is 24.3. The van der Waals surface area contributed by atoms with E-state index in [0.717, 1.165) is 11.1 Å². The van der Waals surface area contributed by atoms with Crippen molar-refractivity contribution in [2.45, 2.75) is 156 Å². The van der Waals surface area contributed by atoms with Gasteiger partial charge in [-0.2, -0.15) is 5.10 Å². The molecule has 3 heterocycles. The first-order chi connectivity index (χ1) is 34.2. The number of aromatic amines is 1. The standard InChI is InChI=1S/C54H81N11O8/c1-31(36-21-17-15-18-22-36)57-48(69)41-25-35(29-64(41)51(72)45(53(8,9)10)61-54(11,73-14)34(4)56-13)26-43(66)39-28-40(63-62-39)47(68)59-38-27-42(49(70)58-32(2)37-23-19-16-20-24-37)65(30-38)50(71)44(52(5,6)7)60-46(67)33(3)55-12/h15-24,28,31-35,38,41-42,44-45,55-56,61H,25-27,29-30H2,1-14H3,(H,57,69)(H,58,70)(H,59,68)(H,60,67)(H,62,63)/t31-,32-,33+,34+,35-,38+,41+,42+,44-,45-,54?/m1/s1. The van der Waals surface area contributed by atoms with E-state index < -0.39 is 82.5 Å². The molecule has 19 nitrogen and oxygen atoms in total. The van der Waals surface area contributed by atoms with E-state index in [1.807, 2.05) is 137 Å². The van der Waals surface area contributed by atoms with Crippen molar-refractivity contribution >= 4 is 41.2 Å². The van der Waals surface area contributed by atoms with Crippen LogP contribution in [0, 0.1) is 16.7 Å². The summed E-state index contributed by atoms with van der Waals surface area (Å²) >= 11 is 0. The number of hydrogen-bond acceptors (Lipinski definition) is 12. The van der Waals surface area contributed by atoms with Crippen LogP contribution in [0.4, 0.5) is 0 Å². The number of amides is 6. The number of rotatable bonds is 21. The number of carbonyl (C=O) groups is 7. The molecule has 2 aromatic carbocycles. The molecule has 6 amide bonds. The summed E-state index contributed by atoms with van der Waals surface area (Å²) < 4.78 is 5.93. The number of nitrogens with one attached hydrogen (secondary N) is 8. The molecule has 0 radical (unpaired) electrons. The van der Waals surface area contributed by atoms with E-state index in [1.165, 1.54) is 11.0 Å². The minimum absolute atomic E-state index is 0.0385. The van der Waals surface area contributed by atoms with E-state index in [4.69, 9.17) is 4.74 Å². The van der Waals surface area contributed by atoms with Crippen molar-refractivity contribution in [2.75, 3.05) is 34.3 Å². The van der Waals surface area contributed by atoms with Crippen LogP contribution in [0.1, 0.15) is 140 Å². The molecule has 0 spiro atoms. The van der Waals surface area contributed by atoms with Gasteiger partial charge in [-0.15, -0.1) is 0 Å². The predicted octanol–water partition coefficient (Wildman–Crippen LogP) is 3.77. The lowest BCUT2D eigenvalue weighted by atomic mass is 9.84. The van der Waals surface area contributed by atoms with Crippen LogP contribution in [0.15, 0.2) is 66.7 Å². The summed E-state index contributed by atoms with van der Waals surface area (Å²) in [4.78, 5) is 102. The summed E-state index contributed by atoms with van der Waals surface area (Å²) in [5.74, 6) is -3.35. The lowest BCUT2D eigenvalue weighted by Crippen LogP contribution is -2.66. The van der Waals surface area contributed by atoms with E-state index in [-0.39, 0.29) is 79.3 Å². The molecule has 2 aliphatic heterocycles. The van der Waals surface area contributed by atoms with Gasteiger partial charge in [-0.1, -0.05) is 102 Å². The molecular weight excluding hydrogens is 931 g/mol. The van der Waals surface area contributed by atoms with E-state index in [0.29, 0.717) is 0 Å². The van der Waals surface area contributed by atoms with Gasteiger partial charge in [0.1, 0.15) is 29.5 Å². The van der Waals surface area contributed by atoms with Crippen molar-refractivity contribution in [3.8, 4) is 0 Å². The number of benzene rings is 2. The number of ether oxygens (including phenoxy) is 1. The molecule has 0 aliphatic carbocycles. The molecule has 2 fully saturated rings. The molecule has 2 aliphatic rings. The third-order valence-electron chi connectivity index (χ3n) is 14.6. The van der Waals surface area contributed by atoms with Gasteiger partial charge in [0.25, 0.3) is 5.91 Å². The Kier molecular flexibility index (Phi) is 19.3. The third kappa shape index (κ3) is 14.4. The molecule has 5 rings (SSSR count). The zero-order valence-electron chi connectivity index (χ0n) is 45.3. The maximum Gasteiger partial charge on any atom is 0.272 e. The van der Waals surface area contributed by atoms with Gasteiger partial charge >= 0.3 is 0 Å². The highest BCUT2D eigenvalue weighted by Crippen LogP contribution is 2.33. The van der Waals surface area contributed by atoms with Crippen LogP contribution in [0.3, 0.4) is 0 Å². The fraction of sp³-hybridized carbons (Fsp3) is 0.593. The number of methoxy groups -OCH3 is 1. The highest BCUT2D eigenvalue weighted by atomic mass is 16.5. The summed E-state index contributed by atoms with van der Waals surface area (Å²) in [7, 11) is 5.02. The average molecular weight is 1010 g/mol. The first kappa shape index (κ1) is 57.9. The molecule has 0 saturated carbocycles. The number of hydrogen-bond donors (Lipinski definition) is 8. The number of H-pyrrole nitrogens is 1. The predicted molar refractivity (Wildman–Crippen MR) is 279 cm³/mol. The van der Waals surface area contributed by atoms with Crippen LogP contribution in [0.25, 0.3) is 0 Å². The van der Waals surface area contributed by atoms with Crippen LogP contribution in [0.5, 0.6) is 0 Å². The molecular formula is C54H81N11O8. The van der Waals surface area contributed by atoms with E-state index in [1.54, 1.807) is 26.0 Å². The molecule has 0 bridgehead atoms. The fourth-order valence-corrected chi connectivity index (χ4v) is 9.43. The third-order valence-corrected chi connectivity index (χ3v) is 14.6. The first-order valence-corrected chi connectivity index (χ1v) is 25.4. The van der Waals surface area contributed by atoms with E-state index in [2.05, 4.69) is 47.4 Å². The first-order valence-electron chi connectivity index (χ1n) is 25.4. The van der Waals surface area contributed by atoms with Gasteiger partial charge in [0.15, 0.2) is 11.5 Å². The van der Waals surface area contributed by atoms with Crippen LogP contribution in [-0.2, 0) is 28.7 Å². The number of likely N-dealkylation sites (N-methyl/N-ethyl adjacent to an activating group) is 2. The quantitative estimate of drug-likeness (QED) is 0.0562. The molecule has 2 saturated heterocycles. The lowest BCUT2D eigenvalue weighted by molar-refractivity contribution is -0.146. The molecule has 19 heteroatoms. The Morgan fingerprint density at radius 2 is 1.21 bits per heavy atom. The normalized spacial score (nSPS) is 21.5. The number of aromatic nitrogens is 2. The second-order valence-corrected chi connectivity index (χ2v) is 22.2. The van der Waals surface area contributed by atoms with Crippen LogP contribution in [-0.4, -0.2) is 144 Å². The van der Waals surface area contributed by atoms with E-state index in [9.17, 15) is 33.6 Å². The van der Waals surface area contributed by atoms with Gasteiger partial charge in [-0.25, -0.2) is 0 Å². The van der Waals surface area contributed by atoms with Crippen molar-refractivity contribution in [3.63, 3.8) is 0 Å². The molecule has 8 N–H and O–H groups in total. The Labute approximate surface area is 431 Å². The number of nitrogens with zero attached hydrogens (tertiary/aromatic N) is 3. The van der Waals surface area contributed by atoms with Gasteiger partial charge in [0.2, 0.25) is 29.5 Å². The van der Waals surface area contributed by atoms with Gasteiger partial charge < -0.3 is 46.4 Å². The number of ketones is 1. The zero-order valence-corrected chi connectivity index (χ0v) is 45.3. The maximum absolute atomic E-state index is 14.9. The lowest BCUT2D eigenvalue weighted by Gasteiger charge is -2.43.